The Balaban J connectivity index is 1.56. The van der Waals surface area contributed by atoms with Crippen molar-refractivity contribution in [1.29, 1.82) is 0 Å². The third-order valence-electron chi connectivity index (χ3n) is 4.44. The van der Waals surface area contributed by atoms with Crippen molar-refractivity contribution in [3.63, 3.8) is 0 Å². The van der Waals surface area contributed by atoms with E-state index < -0.39 is 0 Å². The Morgan fingerprint density at radius 1 is 1.28 bits per heavy atom. The summed E-state index contributed by atoms with van der Waals surface area (Å²) in [5.41, 5.74) is 6.31. The van der Waals surface area contributed by atoms with Crippen molar-refractivity contribution < 1.29 is 4.74 Å². The fourth-order valence-electron chi connectivity index (χ4n) is 3.36. The Bertz CT molecular complexity index is 397. The van der Waals surface area contributed by atoms with Gasteiger partial charge in [-0.3, -0.25) is 0 Å². The molecule has 3 heteroatoms. The van der Waals surface area contributed by atoms with Gasteiger partial charge in [-0.2, -0.15) is 0 Å². The maximum atomic E-state index is 6.05. The van der Waals surface area contributed by atoms with Crippen LogP contribution in [0.1, 0.15) is 25.7 Å². The van der Waals surface area contributed by atoms with Gasteiger partial charge in [-0.1, -0.05) is 18.2 Å². The molecular formula is C15H21NOS. The van der Waals surface area contributed by atoms with Gasteiger partial charge in [-0.15, -0.1) is 11.8 Å². The quantitative estimate of drug-likeness (QED) is 0.829. The summed E-state index contributed by atoms with van der Waals surface area (Å²) in [6.07, 6.45) is 5.77. The molecule has 3 unspecified atom stereocenters. The van der Waals surface area contributed by atoms with E-state index in [1.165, 1.54) is 30.6 Å². The van der Waals surface area contributed by atoms with E-state index >= 15 is 0 Å². The highest BCUT2D eigenvalue weighted by atomic mass is 32.2. The van der Waals surface area contributed by atoms with Crippen LogP contribution < -0.4 is 5.73 Å². The van der Waals surface area contributed by atoms with E-state index in [4.69, 9.17) is 10.5 Å². The predicted molar refractivity (Wildman–Crippen MR) is 75.8 cm³/mol. The minimum absolute atomic E-state index is 0.269. The zero-order chi connectivity index (χ0) is 12.4. The van der Waals surface area contributed by atoms with Crippen LogP contribution in [-0.4, -0.2) is 24.5 Å². The average Bonchev–Trinajstić information content (AvgIpc) is 3.01. The van der Waals surface area contributed by atoms with Gasteiger partial charge in [0.15, 0.2) is 0 Å². The van der Waals surface area contributed by atoms with Gasteiger partial charge in [0.2, 0.25) is 0 Å². The molecule has 3 rings (SSSR count). The van der Waals surface area contributed by atoms with Gasteiger partial charge in [0.25, 0.3) is 0 Å². The van der Waals surface area contributed by atoms with E-state index in [2.05, 4.69) is 30.3 Å². The van der Waals surface area contributed by atoms with Crippen LogP contribution in [0.4, 0.5) is 0 Å². The molecule has 0 saturated carbocycles. The zero-order valence-corrected chi connectivity index (χ0v) is 11.5. The monoisotopic (exact) mass is 263 g/mol. The van der Waals surface area contributed by atoms with Crippen LogP contribution >= 0.6 is 11.8 Å². The van der Waals surface area contributed by atoms with Gasteiger partial charge in [0.05, 0.1) is 12.2 Å². The van der Waals surface area contributed by atoms with Crippen LogP contribution in [0.15, 0.2) is 35.2 Å². The standard InChI is InChI=1S/C15H21NOS/c16-11-15(10-12-6-7-14(15)17-12)8-9-18-13-4-2-1-3-5-13/h1-5,12,14H,6-11,16H2. The Labute approximate surface area is 113 Å². The molecule has 0 aromatic heterocycles. The van der Waals surface area contributed by atoms with Gasteiger partial charge < -0.3 is 10.5 Å². The topological polar surface area (TPSA) is 35.2 Å². The number of benzene rings is 1. The fraction of sp³-hybridized carbons (Fsp3) is 0.600. The van der Waals surface area contributed by atoms with Crippen LogP contribution in [0.25, 0.3) is 0 Å². The number of thioether (sulfide) groups is 1. The summed E-state index contributed by atoms with van der Waals surface area (Å²) in [6.45, 7) is 0.781. The third kappa shape index (κ3) is 2.31. The molecule has 2 aliphatic heterocycles. The van der Waals surface area contributed by atoms with E-state index in [1.54, 1.807) is 0 Å². The number of nitrogens with two attached hydrogens (primary N) is 1. The maximum absolute atomic E-state index is 6.05. The Morgan fingerprint density at radius 3 is 2.72 bits per heavy atom. The second-order valence-electron chi connectivity index (χ2n) is 5.51. The normalized spacial score (nSPS) is 34.1. The summed E-state index contributed by atoms with van der Waals surface area (Å²) in [5.74, 6) is 1.15. The second kappa shape index (κ2) is 5.24. The molecule has 0 spiro atoms. The van der Waals surface area contributed by atoms with Crippen molar-refractivity contribution in [2.24, 2.45) is 11.1 Å². The SMILES string of the molecule is NCC1(CCSc2ccccc2)CC2CCC1O2. The van der Waals surface area contributed by atoms with Crippen LogP contribution in [0.2, 0.25) is 0 Å². The summed E-state index contributed by atoms with van der Waals surface area (Å²) < 4.78 is 5.99. The van der Waals surface area contributed by atoms with Crippen LogP contribution in [0.5, 0.6) is 0 Å². The molecule has 1 aromatic carbocycles. The van der Waals surface area contributed by atoms with Crippen molar-refractivity contribution in [1.82, 2.24) is 0 Å². The van der Waals surface area contributed by atoms with Crippen molar-refractivity contribution in [2.75, 3.05) is 12.3 Å². The Hall–Kier alpha value is -0.510. The maximum Gasteiger partial charge on any atom is 0.0649 e. The average molecular weight is 263 g/mol. The first-order valence-electron chi connectivity index (χ1n) is 6.86. The lowest BCUT2D eigenvalue weighted by Gasteiger charge is -2.34. The summed E-state index contributed by atoms with van der Waals surface area (Å²) in [5, 5.41) is 0. The zero-order valence-electron chi connectivity index (χ0n) is 10.7. The molecule has 0 aliphatic carbocycles. The van der Waals surface area contributed by atoms with Crippen molar-refractivity contribution in [3.05, 3.63) is 30.3 Å². The molecule has 2 aliphatic rings. The molecule has 2 bridgehead atoms. The Kier molecular flexibility index (Phi) is 3.64. The largest absolute Gasteiger partial charge is 0.374 e. The fourth-order valence-corrected chi connectivity index (χ4v) is 4.45. The van der Waals surface area contributed by atoms with Crippen molar-refractivity contribution in [2.45, 2.75) is 42.8 Å². The highest BCUT2D eigenvalue weighted by molar-refractivity contribution is 7.99. The highest BCUT2D eigenvalue weighted by Crippen LogP contribution is 2.49. The molecule has 3 atom stereocenters. The first kappa shape index (κ1) is 12.5. The van der Waals surface area contributed by atoms with Gasteiger partial charge in [-0.05, 0) is 43.6 Å². The second-order valence-corrected chi connectivity index (χ2v) is 6.67. The third-order valence-corrected chi connectivity index (χ3v) is 5.46. The molecule has 2 N–H and O–H groups in total. The van der Waals surface area contributed by atoms with E-state index in [0.717, 1.165) is 12.3 Å². The lowest BCUT2D eigenvalue weighted by Crippen LogP contribution is -2.40. The number of hydrogen-bond donors (Lipinski definition) is 1. The summed E-state index contributed by atoms with van der Waals surface area (Å²) in [6, 6.07) is 10.6. The van der Waals surface area contributed by atoms with Crippen molar-refractivity contribution >= 4 is 11.8 Å². The van der Waals surface area contributed by atoms with Gasteiger partial charge >= 0.3 is 0 Å². The minimum atomic E-state index is 0.269. The molecule has 2 nitrogen and oxygen atoms in total. The molecule has 1 aromatic rings. The number of ether oxygens (including phenoxy) is 1. The molecular weight excluding hydrogens is 242 g/mol. The van der Waals surface area contributed by atoms with Gasteiger partial charge in [0.1, 0.15) is 0 Å². The molecule has 2 fully saturated rings. The van der Waals surface area contributed by atoms with Crippen LogP contribution in [0, 0.1) is 5.41 Å². The predicted octanol–water partition coefficient (Wildman–Crippen LogP) is 3.07. The lowest BCUT2D eigenvalue weighted by molar-refractivity contribution is 0.0625. The first-order chi connectivity index (χ1) is 8.82. The van der Waals surface area contributed by atoms with E-state index in [9.17, 15) is 0 Å². The van der Waals surface area contributed by atoms with E-state index in [1.807, 2.05) is 11.8 Å². The number of fused-ring (bicyclic) bond motifs is 2. The molecule has 0 radical (unpaired) electrons. The van der Waals surface area contributed by atoms with Gasteiger partial charge in [0, 0.05) is 16.9 Å². The summed E-state index contributed by atoms with van der Waals surface area (Å²) in [7, 11) is 0. The molecule has 18 heavy (non-hydrogen) atoms. The number of rotatable bonds is 5. The first-order valence-corrected chi connectivity index (χ1v) is 7.84. The van der Waals surface area contributed by atoms with Crippen molar-refractivity contribution in [3.8, 4) is 0 Å². The highest BCUT2D eigenvalue weighted by Gasteiger charge is 2.50. The van der Waals surface area contributed by atoms with Crippen LogP contribution in [-0.2, 0) is 4.74 Å². The van der Waals surface area contributed by atoms with E-state index in [-0.39, 0.29) is 5.41 Å². The number of hydrogen-bond acceptors (Lipinski definition) is 3. The smallest absolute Gasteiger partial charge is 0.0649 e. The van der Waals surface area contributed by atoms with Gasteiger partial charge in [-0.25, -0.2) is 0 Å². The summed E-state index contributed by atoms with van der Waals surface area (Å²) >= 11 is 1.94. The molecule has 98 valence electrons. The lowest BCUT2D eigenvalue weighted by atomic mass is 9.72. The van der Waals surface area contributed by atoms with E-state index in [0.29, 0.717) is 12.2 Å². The Morgan fingerprint density at radius 2 is 2.11 bits per heavy atom. The molecule has 2 heterocycles. The minimum Gasteiger partial charge on any atom is -0.374 e. The molecule has 0 amide bonds. The van der Waals surface area contributed by atoms with Crippen LogP contribution in [0.3, 0.4) is 0 Å². The molecule has 2 saturated heterocycles. The summed E-state index contributed by atoms with van der Waals surface area (Å²) in [4.78, 5) is 1.36.